The summed E-state index contributed by atoms with van der Waals surface area (Å²) in [6.07, 6.45) is 0. The van der Waals surface area contributed by atoms with Crippen LogP contribution in [0.25, 0.3) is 11.0 Å². The van der Waals surface area contributed by atoms with Crippen LogP contribution in [0.5, 0.6) is 0 Å². The van der Waals surface area contributed by atoms with Crippen molar-refractivity contribution in [1.82, 2.24) is 0 Å². The predicted molar refractivity (Wildman–Crippen MR) is 45.6 cm³/mol. The molecular weight excluding hydrogens is 192 g/mol. The van der Waals surface area contributed by atoms with Crippen molar-refractivity contribution in [2.24, 2.45) is 0 Å². The molecule has 0 unspecified atom stereocenters. The first-order valence-corrected chi connectivity index (χ1v) is 3.95. The Hall–Kier alpha value is -1.48. The summed E-state index contributed by atoms with van der Waals surface area (Å²) in [4.78, 5) is 10.4. The van der Waals surface area contributed by atoms with Crippen LogP contribution in [0.15, 0.2) is 28.7 Å². The quantitative estimate of drug-likeness (QED) is 0.692. The molecule has 0 N–H and O–H groups in total. The number of hydrogen-bond acceptors (Lipinski definition) is 3. The standard InChI is InChI=1S/C9H5ClO3/c10-6-1-2-7-5(3-6)4-8(13-7)9(11)12/h1-4H,(H,11,12)/p-1. The average Bonchev–Trinajstić information content (AvgIpc) is 2.46. The highest BCUT2D eigenvalue weighted by molar-refractivity contribution is 6.31. The van der Waals surface area contributed by atoms with Crippen molar-refractivity contribution in [1.29, 1.82) is 0 Å². The molecule has 1 heterocycles. The number of carbonyl (C=O) groups excluding carboxylic acids is 1. The molecule has 0 saturated heterocycles. The highest BCUT2D eigenvalue weighted by Gasteiger charge is 2.03. The van der Waals surface area contributed by atoms with Crippen LogP contribution in [-0.4, -0.2) is 5.97 Å². The molecule has 0 aliphatic rings. The van der Waals surface area contributed by atoms with Crippen molar-refractivity contribution in [2.45, 2.75) is 0 Å². The second-order valence-corrected chi connectivity index (χ2v) is 3.02. The number of carbonyl (C=O) groups is 1. The van der Waals surface area contributed by atoms with Crippen molar-refractivity contribution >= 4 is 28.5 Å². The number of carboxylic acid groups (broad SMARTS) is 1. The minimum Gasteiger partial charge on any atom is -0.542 e. The maximum atomic E-state index is 10.4. The fourth-order valence-corrected chi connectivity index (χ4v) is 1.30. The SMILES string of the molecule is O=C([O-])c1cc2cc(Cl)ccc2o1. The maximum absolute atomic E-state index is 10.4. The smallest absolute Gasteiger partial charge is 0.150 e. The fraction of sp³-hybridized carbons (Fsp3) is 0. The zero-order valence-electron chi connectivity index (χ0n) is 6.41. The maximum Gasteiger partial charge on any atom is 0.150 e. The van der Waals surface area contributed by atoms with E-state index in [1.165, 1.54) is 6.07 Å². The molecule has 2 aromatic rings. The van der Waals surface area contributed by atoms with Gasteiger partial charge in [0.25, 0.3) is 0 Å². The van der Waals surface area contributed by atoms with Crippen LogP contribution in [0.3, 0.4) is 0 Å². The van der Waals surface area contributed by atoms with Gasteiger partial charge in [0.15, 0.2) is 5.76 Å². The zero-order valence-corrected chi connectivity index (χ0v) is 7.17. The number of benzene rings is 1. The normalized spacial score (nSPS) is 10.5. The summed E-state index contributed by atoms with van der Waals surface area (Å²) >= 11 is 5.70. The Morgan fingerprint density at radius 3 is 2.85 bits per heavy atom. The van der Waals surface area contributed by atoms with E-state index in [0.29, 0.717) is 16.0 Å². The number of halogens is 1. The van der Waals surface area contributed by atoms with Crippen molar-refractivity contribution in [3.63, 3.8) is 0 Å². The van der Waals surface area contributed by atoms with Crippen LogP contribution in [0, 0.1) is 0 Å². The van der Waals surface area contributed by atoms with Crippen molar-refractivity contribution in [3.8, 4) is 0 Å². The van der Waals surface area contributed by atoms with E-state index >= 15 is 0 Å². The van der Waals surface area contributed by atoms with Gasteiger partial charge in [-0.15, -0.1) is 0 Å². The van der Waals surface area contributed by atoms with E-state index in [9.17, 15) is 9.90 Å². The van der Waals surface area contributed by atoms with Gasteiger partial charge in [0.1, 0.15) is 11.6 Å². The van der Waals surface area contributed by atoms with Crippen LogP contribution in [0.2, 0.25) is 5.02 Å². The number of furan rings is 1. The Bertz CT molecular complexity index is 473. The molecule has 0 fully saturated rings. The molecule has 4 heteroatoms. The molecule has 66 valence electrons. The van der Waals surface area contributed by atoms with Crippen LogP contribution >= 0.6 is 11.6 Å². The molecule has 13 heavy (non-hydrogen) atoms. The molecule has 0 saturated carbocycles. The first-order chi connectivity index (χ1) is 6.16. The third-order valence-electron chi connectivity index (χ3n) is 1.68. The zero-order chi connectivity index (χ0) is 9.42. The molecule has 3 nitrogen and oxygen atoms in total. The lowest BCUT2D eigenvalue weighted by Crippen LogP contribution is -2.21. The Morgan fingerprint density at radius 2 is 2.15 bits per heavy atom. The van der Waals surface area contributed by atoms with Crippen LogP contribution in [0.1, 0.15) is 10.6 Å². The van der Waals surface area contributed by atoms with E-state index in [2.05, 4.69) is 0 Å². The van der Waals surface area contributed by atoms with Crippen molar-refractivity contribution in [2.75, 3.05) is 0 Å². The predicted octanol–water partition coefficient (Wildman–Crippen LogP) is 1.45. The Morgan fingerprint density at radius 1 is 1.38 bits per heavy atom. The number of carboxylic acids is 1. The summed E-state index contributed by atoms with van der Waals surface area (Å²) in [7, 11) is 0. The molecule has 0 spiro atoms. The van der Waals surface area contributed by atoms with Gasteiger partial charge in [-0.1, -0.05) is 11.6 Å². The van der Waals surface area contributed by atoms with Gasteiger partial charge in [-0.2, -0.15) is 0 Å². The minimum absolute atomic E-state index is 0.183. The van der Waals surface area contributed by atoms with Gasteiger partial charge < -0.3 is 14.3 Å². The molecule has 0 aliphatic heterocycles. The van der Waals surface area contributed by atoms with E-state index < -0.39 is 5.97 Å². The van der Waals surface area contributed by atoms with E-state index in [-0.39, 0.29) is 5.76 Å². The third kappa shape index (κ3) is 1.38. The lowest BCUT2D eigenvalue weighted by molar-refractivity contribution is -0.256. The summed E-state index contributed by atoms with van der Waals surface area (Å²) in [5.74, 6) is -1.51. The van der Waals surface area contributed by atoms with Gasteiger partial charge in [-0.3, -0.25) is 0 Å². The fourth-order valence-electron chi connectivity index (χ4n) is 1.11. The number of fused-ring (bicyclic) bond motifs is 1. The number of rotatable bonds is 1. The molecule has 2 rings (SSSR count). The number of aromatic carboxylic acids is 1. The Balaban J connectivity index is 2.68. The van der Waals surface area contributed by atoms with E-state index in [1.807, 2.05) is 0 Å². The number of hydrogen-bond donors (Lipinski definition) is 0. The first-order valence-electron chi connectivity index (χ1n) is 3.57. The molecule has 1 aromatic carbocycles. The van der Waals surface area contributed by atoms with Gasteiger partial charge in [0, 0.05) is 10.4 Å². The average molecular weight is 196 g/mol. The first kappa shape index (κ1) is 8.13. The Kier molecular flexibility index (Phi) is 1.74. The van der Waals surface area contributed by atoms with Crippen LogP contribution in [-0.2, 0) is 0 Å². The molecule has 0 atom stereocenters. The van der Waals surface area contributed by atoms with E-state index in [1.54, 1.807) is 18.2 Å². The van der Waals surface area contributed by atoms with Gasteiger partial charge in [0.2, 0.25) is 0 Å². The van der Waals surface area contributed by atoms with E-state index in [0.717, 1.165) is 0 Å². The summed E-state index contributed by atoms with van der Waals surface area (Å²) < 4.78 is 4.96. The van der Waals surface area contributed by atoms with E-state index in [4.69, 9.17) is 16.0 Å². The highest BCUT2D eigenvalue weighted by atomic mass is 35.5. The summed E-state index contributed by atoms with van der Waals surface area (Å²) in [6, 6.07) is 6.26. The lowest BCUT2D eigenvalue weighted by atomic mass is 10.2. The molecule has 0 aliphatic carbocycles. The summed E-state index contributed by atoms with van der Waals surface area (Å²) in [6.45, 7) is 0. The molecular formula is C9H4ClO3-. The second kappa shape index (κ2) is 2.78. The van der Waals surface area contributed by atoms with Gasteiger partial charge in [-0.05, 0) is 24.3 Å². The molecule has 0 bridgehead atoms. The molecule has 1 aromatic heterocycles. The van der Waals surface area contributed by atoms with Gasteiger partial charge >= 0.3 is 0 Å². The van der Waals surface area contributed by atoms with Crippen LogP contribution in [0.4, 0.5) is 0 Å². The van der Waals surface area contributed by atoms with Crippen molar-refractivity contribution < 1.29 is 14.3 Å². The summed E-state index contributed by atoms with van der Waals surface area (Å²) in [5.41, 5.74) is 0.489. The minimum atomic E-state index is -1.33. The third-order valence-corrected chi connectivity index (χ3v) is 1.91. The largest absolute Gasteiger partial charge is 0.542 e. The summed E-state index contributed by atoms with van der Waals surface area (Å²) in [5, 5.41) is 11.6. The van der Waals surface area contributed by atoms with Gasteiger partial charge in [-0.25, -0.2) is 0 Å². The monoisotopic (exact) mass is 195 g/mol. The second-order valence-electron chi connectivity index (χ2n) is 2.58. The lowest BCUT2D eigenvalue weighted by Gasteiger charge is -1.92. The van der Waals surface area contributed by atoms with Crippen molar-refractivity contribution in [3.05, 3.63) is 35.0 Å². The molecule has 0 radical (unpaired) electrons. The topological polar surface area (TPSA) is 53.3 Å². The van der Waals surface area contributed by atoms with Crippen LogP contribution < -0.4 is 5.11 Å². The highest BCUT2D eigenvalue weighted by Crippen LogP contribution is 2.22. The molecule has 0 amide bonds. The Labute approximate surface area is 78.5 Å². The van der Waals surface area contributed by atoms with Gasteiger partial charge in [0.05, 0.1) is 0 Å².